The molecule has 6 nitrogen and oxygen atoms in total. The molecule has 0 aliphatic rings. The van der Waals surface area contributed by atoms with Crippen molar-refractivity contribution in [2.24, 2.45) is 0 Å². The highest BCUT2D eigenvalue weighted by Gasteiger charge is 2.12. The van der Waals surface area contributed by atoms with E-state index in [-0.39, 0.29) is 0 Å². The number of halogens is 1. The van der Waals surface area contributed by atoms with E-state index in [4.69, 9.17) is 10.3 Å². The maximum atomic E-state index is 5.57. The second-order valence-electron chi connectivity index (χ2n) is 3.76. The van der Waals surface area contributed by atoms with Crippen molar-refractivity contribution in [1.82, 2.24) is 20.1 Å². The lowest BCUT2D eigenvalue weighted by Crippen LogP contribution is -1.88. The van der Waals surface area contributed by atoms with Gasteiger partial charge in [0.05, 0.1) is 11.9 Å². The Kier molecular flexibility index (Phi) is 2.96. The van der Waals surface area contributed by atoms with Crippen molar-refractivity contribution < 1.29 is 4.52 Å². The molecule has 0 aromatic carbocycles. The van der Waals surface area contributed by atoms with Crippen LogP contribution in [-0.4, -0.2) is 20.1 Å². The van der Waals surface area contributed by atoms with Crippen LogP contribution in [-0.2, 0) is 0 Å². The summed E-state index contributed by atoms with van der Waals surface area (Å²) in [6, 6.07) is 7.11. The second-order valence-corrected chi connectivity index (χ2v) is 4.68. The van der Waals surface area contributed by atoms with Crippen LogP contribution < -0.4 is 5.73 Å². The largest absolute Gasteiger partial charge is 0.397 e. The van der Waals surface area contributed by atoms with E-state index in [1.165, 1.54) is 6.20 Å². The molecule has 3 heterocycles. The van der Waals surface area contributed by atoms with Gasteiger partial charge in [0.15, 0.2) is 0 Å². The van der Waals surface area contributed by atoms with Crippen LogP contribution in [0, 0.1) is 0 Å². The van der Waals surface area contributed by atoms with Gasteiger partial charge in [-0.05, 0) is 40.2 Å². The topological polar surface area (TPSA) is 90.7 Å². The molecule has 3 aromatic rings. The molecule has 3 aromatic heterocycles. The quantitative estimate of drug-likeness (QED) is 0.781. The van der Waals surface area contributed by atoms with Crippen LogP contribution in [0.25, 0.3) is 23.1 Å². The lowest BCUT2D eigenvalue weighted by atomic mass is 10.3. The number of anilines is 1. The summed E-state index contributed by atoms with van der Waals surface area (Å²) in [5.41, 5.74) is 7.36. The standard InChI is InChI=1S/C12H8BrN5O/c13-7-1-3-9(15-5-7)11-17-12(19-18-11)10-4-2-8(14)6-16-10/h1-6H,14H2. The summed E-state index contributed by atoms with van der Waals surface area (Å²) < 4.78 is 6.05. The third-order valence-electron chi connectivity index (χ3n) is 2.39. The summed E-state index contributed by atoms with van der Waals surface area (Å²) in [4.78, 5) is 12.6. The fraction of sp³-hybridized carbons (Fsp3) is 0. The highest BCUT2D eigenvalue weighted by Crippen LogP contribution is 2.20. The molecule has 0 saturated carbocycles. The predicted octanol–water partition coefficient (Wildman–Crippen LogP) is 2.54. The number of hydrogen-bond acceptors (Lipinski definition) is 6. The van der Waals surface area contributed by atoms with Crippen LogP contribution in [0.5, 0.6) is 0 Å². The molecule has 0 bridgehead atoms. The highest BCUT2D eigenvalue weighted by molar-refractivity contribution is 9.10. The van der Waals surface area contributed by atoms with Crippen LogP contribution in [0.2, 0.25) is 0 Å². The monoisotopic (exact) mass is 317 g/mol. The average Bonchev–Trinajstić information content (AvgIpc) is 2.90. The third kappa shape index (κ3) is 2.45. The molecule has 0 spiro atoms. The number of hydrogen-bond donors (Lipinski definition) is 1. The van der Waals surface area contributed by atoms with Gasteiger partial charge in [0.1, 0.15) is 11.4 Å². The number of rotatable bonds is 2. The normalized spacial score (nSPS) is 10.6. The first-order valence-corrected chi connectivity index (χ1v) is 6.19. The minimum atomic E-state index is 0.333. The average molecular weight is 318 g/mol. The Labute approximate surface area is 116 Å². The molecule has 0 atom stereocenters. The Morgan fingerprint density at radius 1 is 1.00 bits per heavy atom. The van der Waals surface area contributed by atoms with E-state index in [0.717, 1.165) is 4.47 Å². The molecule has 19 heavy (non-hydrogen) atoms. The molecule has 94 valence electrons. The van der Waals surface area contributed by atoms with Gasteiger partial charge in [-0.3, -0.25) is 4.98 Å². The molecule has 0 radical (unpaired) electrons. The minimum Gasteiger partial charge on any atom is -0.397 e. The van der Waals surface area contributed by atoms with Crippen molar-refractivity contribution in [3.63, 3.8) is 0 Å². The molecule has 0 aliphatic heterocycles. The van der Waals surface area contributed by atoms with Crippen molar-refractivity contribution in [1.29, 1.82) is 0 Å². The summed E-state index contributed by atoms with van der Waals surface area (Å²) in [7, 11) is 0. The van der Waals surface area contributed by atoms with E-state index in [1.54, 1.807) is 24.4 Å². The molecule has 0 aliphatic carbocycles. The van der Waals surface area contributed by atoms with Crippen molar-refractivity contribution >= 4 is 21.6 Å². The van der Waals surface area contributed by atoms with E-state index >= 15 is 0 Å². The van der Waals surface area contributed by atoms with Crippen LogP contribution in [0.3, 0.4) is 0 Å². The number of nitrogens with zero attached hydrogens (tertiary/aromatic N) is 4. The van der Waals surface area contributed by atoms with E-state index in [2.05, 4.69) is 36.0 Å². The Morgan fingerprint density at radius 3 is 2.47 bits per heavy atom. The van der Waals surface area contributed by atoms with Gasteiger partial charge in [0.2, 0.25) is 5.82 Å². The zero-order chi connectivity index (χ0) is 13.2. The summed E-state index contributed by atoms with van der Waals surface area (Å²) in [6.07, 6.45) is 3.21. The molecule has 7 heteroatoms. The number of aromatic nitrogens is 4. The molecule has 0 amide bonds. The fourth-order valence-corrected chi connectivity index (χ4v) is 1.71. The van der Waals surface area contributed by atoms with Crippen LogP contribution >= 0.6 is 15.9 Å². The van der Waals surface area contributed by atoms with E-state index in [0.29, 0.717) is 28.8 Å². The molecular weight excluding hydrogens is 310 g/mol. The summed E-state index contributed by atoms with van der Waals surface area (Å²) in [5, 5.41) is 3.88. The van der Waals surface area contributed by atoms with E-state index in [1.807, 2.05) is 6.07 Å². The predicted molar refractivity (Wildman–Crippen MR) is 72.9 cm³/mol. The van der Waals surface area contributed by atoms with Gasteiger partial charge in [0.25, 0.3) is 5.89 Å². The Bertz CT molecular complexity index is 633. The summed E-state index contributed by atoms with van der Waals surface area (Å²) >= 11 is 3.32. The van der Waals surface area contributed by atoms with Gasteiger partial charge < -0.3 is 10.3 Å². The first-order valence-electron chi connectivity index (χ1n) is 5.40. The zero-order valence-electron chi connectivity index (χ0n) is 9.62. The zero-order valence-corrected chi connectivity index (χ0v) is 11.2. The van der Waals surface area contributed by atoms with Gasteiger partial charge in [-0.15, -0.1) is 0 Å². The van der Waals surface area contributed by atoms with E-state index < -0.39 is 0 Å². The number of pyridine rings is 2. The van der Waals surface area contributed by atoms with Crippen LogP contribution in [0.4, 0.5) is 5.69 Å². The van der Waals surface area contributed by atoms with Gasteiger partial charge in [-0.2, -0.15) is 4.98 Å². The fourth-order valence-electron chi connectivity index (χ4n) is 1.47. The first-order chi connectivity index (χ1) is 9.22. The Balaban J connectivity index is 1.95. The SMILES string of the molecule is Nc1ccc(-c2nc(-c3ccc(Br)cn3)no2)nc1. The number of nitrogens with two attached hydrogens (primary N) is 1. The third-order valence-corrected chi connectivity index (χ3v) is 2.86. The summed E-state index contributed by atoms with van der Waals surface area (Å²) in [6.45, 7) is 0. The van der Waals surface area contributed by atoms with Crippen LogP contribution in [0.15, 0.2) is 45.7 Å². The molecule has 0 fully saturated rings. The minimum absolute atomic E-state index is 0.333. The number of nitrogen functional groups attached to an aromatic ring is 1. The van der Waals surface area contributed by atoms with Crippen molar-refractivity contribution in [3.05, 3.63) is 41.1 Å². The van der Waals surface area contributed by atoms with Crippen molar-refractivity contribution in [2.45, 2.75) is 0 Å². The van der Waals surface area contributed by atoms with Gasteiger partial charge in [0, 0.05) is 10.7 Å². The second kappa shape index (κ2) is 4.77. The van der Waals surface area contributed by atoms with Crippen LogP contribution in [0.1, 0.15) is 0 Å². The lowest BCUT2D eigenvalue weighted by molar-refractivity contribution is 0.431. The molecular formula is C12H8BrN5O. The molecule has 2 N–H and O–H groups in total. The maximum Gasteiger partial charge on any atom is 0.276 e. The Hall–Kier alpha value is -2.28. The first kappa shape index (κ1) is 11.8. The Morgan fingerprint density at radius 2 is 1.79 bits per heavy atom. The van der Waals surface area contributed by atoms with Crippen molar-refractivity contribution in [3.8, 4) is 23.1 Å². The van der Waals surface area contributed by atoms with Crippen molar-refractivity contribution in [2.75, 3.05) is 5.73 Å². The van der Waals surface area contributed by atoms with E-state index in [9.17, 15) is 0 Å². The molecule has 0 unspecified atom stereocenters. The smallest absolute Gasteiger partial charge is 0.276 e. The maximum absolute atomic E-state index is 5.57. The van der Waals surface area contributed by atoms with Gasteiger partial charge in [-0.1, -0.05) is 5.16 Å². The molecule has 0 saturated heterocycles. The molecule has 3 rings (SSSR count). The lowest BCUT2D eigenvalue weighted by Gasteiger charge is -1.94. The van der Waals surface area contributed by atoms with Gasteiger partial charge in [-0.25, -0.2) is 4.98 Å². The summed E-state index contributed by atoms with van der Waals surface area (Å²) in [5.74, 6) is 0.751. The highest BCUT2D eigenvalue weighted by atomic mass is 79.9. The van der Waals surface area contributed by atoms with Gasteiger partial charge >= 0.3 is 0 Å².